The number of benzene rings is 1. The summed E-state index contributed by atoms with van der Waals surface area (Å²) in [4.78, 5) is 36.5. The summed E-state index contributed by atoms with van der Waals surface area (Å²) in [6.07, 6.45) is 3.02. The van der Waals surface area contributed by atoms with Crippen molar-refractivity contribution in [2.24, 2.45) is 0 Å². The predicted molar refractivity (Wildman–Crippen MR) is 114 cm³/mol. The van der Waals surface area contributed by atoms with Crippen LogP contribution in [0.3, 0.4) is 0 Å². The number of carbonyl (C=O) groups is 2. The Bertz CT molecular complexity index is 1110. The van der Waals surface area contributed by atoms with Crippen LogP contribution in [0.15, 0.2) is 30.5 Å². The molecule has 160 valence electrons. The number of nitrogens with one attached hydrogen (secondary N) is 1. The van der Waals surface area contributed by atoms with Crippen molar-refractivity contribution in [3.8, 4) is 0 Å². The van der Waals surface area contributed by atoms with Crippen LogP contribution in [-0.4, -0.2) is 49.4 Å². The third-order valence-electron chi connectivity index (χ3n) is 5.34. The average Bonchev–Trinajstić information content (AvgIpc) is 3.20. The fourth-order valence-electron chi connectivity index (χ4n) is 3.55. The molecule has 0 atom stereocenters. The first-order valence-corrected chi connectivity index (χ1v) is 10.7. The van der Waals surface area contributed by atoms with Crippen molar-refractivity contribution >= 4 is 29.0 Å². The minimum Gasteiger partial charge on any atom is -0.338 e. The van der Waals surface area contributed by atoms with Crippen molar-refractivity contribution in [1.29, 1.82) is 0 Å². The number of carbonyl (C=O) groups excluding carboxylic acids is 2. The van der Waals surface area contributed by atoms with Crippen LogP contribution in [0.2, 0.25) is 0 Å². The van der Waals surface area contributed by atoms with Gasteiger partial charge in [-0.15, -0.1) is 5.10 Å². The fraction of sp³-hybridized carbons (Fsp3) is 0.333. The van der Waals surface area contributed by atoms with Gasteiger partial charge in [-0.25, -0.2) is 14.4 Å². The SMILES string of the molecule is Cc1nc(C2CCN(C(=O)c3snnc3C)CC2)ncc1C(=O)Nc1ccc(F)cc1. The Balaban J connectivity index is 1.39. The molecule has 0 saturated carbocycles. The zero-order valence-electron chi connectivity index (χ0n) is 17.1. The van der Waals surface area contributed by atoms with Gasteiger partial charge in [0, 0.05) is 30.9 Å². The van der Waals surface area contributed by atoms with E-state index in [0.717, 1.165) is 24.4 Å². The molecule has 1 fully saturated rings. The maximum atomic E-state index is 13.0. The molecule has 0 bridgehead atoms. The molecule has 1 N–H and O–H groups in total. The zero-order chi connectivity index (χ0) is 22.0. The van der Waals surface area contributed by atoms with Gasteiger partial charge in [0.05, 0.1) is 17.0 Å². The molecule has 2 aromatic heterocycles. The topological polar surface area (TPSA) is 101 Å². The Kier molecular flexibility index (Phi) is 5.99. The van der Waals surface area contributed by atoms with Crippen molar-refractivity contribution < 1.29 is 14.0 Å². The molecule has 0 radical (unpaired) electrons. The van der Waals surface area contributed by atoms with Gasteiger partial charge in [-0.3, -0.25) is 9.59 Å². The summed E-state index contributed by atoms with van der Waals surface area (Å²) in [5.74, 6) is 0.0603. The molecule has 2 amide bonds. The fourth-order valence-corrected chi connectivity index (χ4v) is 4.17. The Morgan fingerprint density at radius 2 is 1.84 bits per heavy atom. The average molecular weight is 441 g/mol. The first-order chi connectivity index (χ1) is 14.9. The molecule has 31 heavy (non-hydrogen) atoms. The summed E-state index contributed by atoms with van der Waals surface area (Å²) < 4.78 is 16.9. The summed E-state index contributed by atoms with van der Waals surface area (Å²) in [7, 11) is 0. The highest BCUT2D eigenvalue weighted by Gasteiger charge is 2.28. The number of halogens is 1. The van der Waals surface area contributed by atoms with Crippen molar-refractivity contribution in [2.75, 3.05) is 18.4 Å². The summed E-state index contributed by atoms with van der Waals surface area (Å²) >= 11 is 1.12. The zero-order valence-corrected chi connectivity index (χ0v) is 17.9. The van der Waals surface area contributed by atoms with Crippen molar-refractivity contribution in [1.82, 2.24) is 24.5 Å². The van der Waals surface area contributed by atoms with E-state index in [2.05, 4.69) is 24.9 Å². The lowest BCUT2D eigenvalue weighted by Gasteiger charge is -2.31. The van der Waals surface area contributed by atoms with E-state index in [9.17, 15) is 14.0 Å². The number of hydrogen-bond donors (Lipinski definition) is 1. The minimum absolute atomic E-state index is 0.0316. The summed E-state index contributed by atoms with van der Waals surface area (Å²) in [6, 6.07) is 5.56. The van der Waals surface area contributed by atoms with E-state index in [1.807, 2.05) is 4.90 Å². The molecule has 3 heterocycles. The van der Waals surface area contributed by atoms with E-state index < -0.39 is 0 Å². The monoisotopic (exact) mass is 440 g/mol. The number of aryl methyl sites for hydroxylation is 2. The second kappa shape index (κ2) is 8.84. The van der Waals surface area contributed by atoms with Crippen molar-refractivity contribution in [2.45, 2.75) is 32.6 Å². The van der Waals surface area contributed by atoms with Gasteiger partial charge in [0.15, 0.2) is 0 Å². The van der Waals surface area contributed by atoms with Gasteiger partial charge in [0.25, 0.3) is 11.8 Å². The lowest BCUT2D eigenvalue weighted by atomic mass is 9.95. The molecule has 10 heteroatoms. The third kappa shape index (κ3) is 4.58. The standard InChI is InChI=1S/C21H21FN6O2S/c1-12-17(20(29)25-16-5-3-15(22)4-6-16)11-23-19(24-12)14-7-9-28(10-8-14)21(30)18-13(2)26-27-31-18/h3-6,11,14H,7-10H2,1-2H3,(H,25,29). The van der Waals surface area contributed by atoms with E-state index in [1.165, 1.54) is 30.5 Å². The first-order valence-electron chi connectivity index (χ1n) is 9.91. The molecule has 0 aliphatic carbocycles. The number of nitrogens with zero attached hydrogens (tertiary/aromatic N) is 5. The lowest BCUT2D eigenvalue weighted by Crippen LogP contribution is -2.38. The Labute approximate surface area is 182 Å². The lowest BCUT2D eigenvalue weighted by molar-refractivity contribution is 0.0714. The van der Waals surface area contributed by atoms with E-state index in [0.29, 0.717) is 46.4 Å². The van der Waals surface area contributed by atoms with Crippen LogP contribution in [0.1, 0.15) is 56.0 Å². The molecule has 3 aromatic rings. The molecule has 1 aromatic carbocycles. The number of amides is 2. The van der Waals surface area contributed by atoms with Crippen LogP contribution in [0.25, 0.3) is 0 Å². The second-order valence-corrected chi connectivity index (χ2v) is 8.20. The molecule has 8 nitrogen and oxygen atoms in total. The quantitative estimate of drug-likeness (QED) is 0.668. The molecule has 1 aliphatic heterocycles. The minimum atomic E-state index is -0.367. The van der Waals surface area contributed by atoms with E-state index in [4.69, 9.17) is 0 Å². The Morgan fingerprint density at radius 3 is 2.45 bits per heavy atom. The highest BCUT2D eigenvalue weighted by atomic mass is 32.1. The molecule has 1 saturated heterocycles. The Morgan fingerprint density at radius 1 is 1.13 bits per heavy atom. The van der Waals surface area contributed by atoms with Crippen molar-refractivity contribution in [3.05, 3.63) is 63.9 Å². The number of rotatable bonds is 4. The van der Waals surface area contributed by atoms with E-state index in [-0.39, 0.29) is 23.5 Å². The predicted octanol–water partition coefficient (Wildman–Crippen LogP) is 3.36. The number of likely N-dealkylation sites (tertiary alicyclic amines) is 1. The van der Waals surface area contributed by atoms with Crippen LogP contribution in [0, 0.1) is 19.7 Å². The van der Waals surface area contributed by atoms with Gasteiger partial charge in [-0.2, -0.15) is 0 Å². The van der Waals surface area contributed by atoms with Crippen LogP contribution >= 0.6 is 11.5 Å². The molecule has 0 spiro atoms. The van der Waals surface area contributed by atoms with Crippen molar-refractivity contribution in [3.63, 3.8) is 0 Å². The largest absolute Gasteiger partial charge is 0.338 e. The van der Waals surface area contributed by atoms with Crippen LogP contribution in [-0.2, 0) is 0 Å². The van der Waals surface area contributed by atoms with Gasteiger partial charge in [0.1, 0.15) is 16.5 Å². The smallest absolute Gasteiger partial charge is 0.267 e. The van der Waals surface area contributed by atoms with Gasteiger partial charge in [-0.05, 0) is 62.5 Å². The Hall–Kier alpha value is -3.27. The number of anilines is 1. The first kappa shape index (κ1) is 21.0. The third-order valence-corrected chi connectivity index (χ3v) is 6.15. The maximum Gasteiger partial charge on any atom is 0.267 e. The van der Waals surface area contributed by atoms with Crippen LogP contribution < -0.4 is 5.32 Å². The maximum absolute atomic E-state index is 13.0. The number of piperidine rings is 1. The van der Waals surface area contributed by atoms with Gasteiger partial charge >= 0.3 is 0 Å². The molecular weight excluding hydrogens is 419 g/mol. The summed E-state index contributed by atoms with van der Waals surface area (Å²) in [6.45, 7) is 4.77. The van der Waals surface area contributed by atoms with Gasteiger partial charge in [-0.1, -0.05) is 4.49 Å². The molecule has 4 rings (SSSR count). The van der Waals surface area contributed by atoms with Gasteiger partial charge < -0.3 is 10.2 Å². The molecular formula is C21H21FN6O2S. The molecule has 1 aliphatic rings. The normalized spacial score (nSPS) is 14.5. The summed E-state index contributed by atoms with van der Waals surface area (Å²) in [5.41, 5.74) is 2.10. The molecule has 0 unspecified atom stereocenters. The highest BCUT2D eigenvalue weighted by molar-refractivity contribution is 7.07. The highest BCUT2D eigenvalue weighted by Crippen LogP contribution is 2.27. The van der Waals surface area contributed by atoms with Crippen LogP contribution in [0.4, 0.5) is 10.1 Å². The second-order valence-electron chi connectivity index (χ2n) is 7.44. The van der Waals surface area contributed by atoms with E-state index >= 15 is 0 Å². The number of aromatic nitrogens is 4. The summed E-state index contributed by atoms with van der Waals surface area (Å²) in [5, 5.41) is 6.63. The van der Waals surface area contributed by atoms with Gasteiger partial charge in [0.2, 0.25) is 0 Å². The van der Waals surface area contributed by atoms with Crippen LogP contribution in [0.5, 0.6) is 0 Å². The number of hydrogen-bond acceptors (Lipinski definition) is 7. The van der Waals surface area contributed by atoms with E-state index in [1.54, 1.807) is 13.8 Å².